The van der Waals surface area contributed by atoms with Crippen molar-refractivity contribution in [1.29, 1.82) is 5.26 Å². The Kier molecular flexibility index (Phi) is 9.38. The van der Waals surface area contributed by atoms with E-state index < -0.39 is 46.6 Å². The van der Waals surface area contributed by atoms with Crippen LogP contribution in [0, 0.1) is 17.1 Å². The molecule has 5 heterocycles. The van der Waals surface area contributed by atoms with Crippen LogP contribution in [-0.2, 0) is 6.18 Å². The van der Waals surface area contributed by atoms with Gasteiger partial charge in [-0.1, -0.05) is 12.2 Å². The van der Waals surface area contributed by atoms with Crippen LogP contribution in [0.1, 0.15) is 47.3 Å². The molecule has 8 nitrogen and oxygen atoms in total. The molecule has 0 saturated carbocycles. The highest BCUT2D eigenvalue weighted by Crippen LogP contribution is 2.42. The maximum atomic E-state index is 16.3. The highest BCUT2D eigenvalue weighted by atomic mass is 32.1. The van der Waals surface area contributed by atoms with Crippen LogP contribution in [0.25, 0.3) is 22.8 Å². The molecular weight excluding hydrogens is 663 g/mol. The number of hydrogen-bond donors (Lipinski definition) is 2. The van der Waals surface area contributed by atoms with E-state index in [1.165, 1.54) is 11.0 Å². The van der Waals surface area contributed by atoms with E-state index in [-0.39, 0.29) is 64.4 Å². The topological polar surface area (TPSA) is 103 Å². The Morgan fingerprint density at radius 1 is 1.17 bits per heavy atom. The van der Waals surface area contributed by atoms with Crippen LogP contribution in [0.2, 0.25) is 0 Å². The van der Waals surface area contributed by atoms with Crippen molar-refractivity contribution >= 4 is 45.0 Å². The maximum Gasteiger partial charge on any atom is 0.417 e. The number of aromatic nitrogens is 2. The number of allylic oxidation sites excluding steroid dienone is 2. The van der Waals surface area contributed by atoms with E-state index in [2.05, 4.69) is 20.2 Å². The number of ether oxygens (including phenoxy) is 1. The molecule has 254 valence electrons. The molecule has 0 spiro atoms. The number of nitrogens with zero attached hydrogens (tertiary/aromatic N) is 5. The second-order valence-electron chi connectivity index (χ2n) is 11.9. The van der Waals surface area contributed by atoms with Gasteiger partial charge < -0.3 is 20.7 Å². The Morgan fingerprint density at radius 2 is 1.92 bits per heavy atom. The molecule has 1 aromatic carbocycles. The molecule has 2 aromatic heterocycles. The number of alkyl halides is 3. The average Bonchev–Trinajstić information content (AvgIpc) is 3.74. The van der Waals surface area contributed by atoms with E-state index in [0.717, 1.165) is 68.3 Å². The van der Waals surface area contributed by atoms with Gasteiger partial charge in [-0.2, -0.15) is 37.2 Å². The van der Waals surface area contributed by atoms with Gasteiger partial charge in [0.2, 0.25) is 0 Å². The molecule has 3 aliphatic rings. The zero-order valence-electron chi connectivity index (χ0n) is 25.4. The summed E-state index contributed by atoms with van der Waals surface area (Å²) in [6, 6.07) is 2.63. The van der Waals surface area contributed by atoms with Crippen molar-refractivity contribution in [2.75, 3.05) is 50.0 Å². The van der Waals surface area contributed by atoms with E-state index in [0.29, 0.717) is 12.1 Å². The second kappa shape index (κ2) is 13.4. The number of thiophene rings is 1. The number of fused-ring (bicyclic) bond motifs is 2. The minimum Gasteiger partial charge on any atom is -0.461 e. The summed E-state index contributed by atoms with van der Waals surface area (Å²) in [5.74, 6) is -2.32. The van der Waals surface area contributed by atoms with Crippen molar-refractivity contribution in [1.82, 2.24) is 20.2 Å². The molecule has 6 rings (SSSR count). The lowest BCUT2D eigenvalue weighted by Crippen LogP contribution is -2.50. The van der Waals surface area contributed by atoms with Gasteiger partial charge in [-0.25, -0.2) is 8.78 Å². The lowest BCUT2D eigenvalue weighted by atomic mass is 9.95. The van der Waals surface area contributed by atoms with Crippen LogP contribution in [-0.4, -0.2) is 65.8 Å². The maximum absolute atomic E-state index is 16.3. The van der Waals surface area contributed by atoms with Crippen molar-refractivity contribution in [3.63, 3.8) is 0 Å². The fourth-order valence-corrected chi connectivity index (χ4v) is 7.52. The first-order chi connectivity index (χ1) is 22.9. The molecule has 1 atom stereocenters. The van der Waals surface area contributed by atoms with Crippen LogP contribution in [0.3, 0.4) is 0 Å². The molecule has 3 aliphatic heterocycles. The third-order valence-corrected chi connectivity index (χ3v) is 9.94. The Balaban J connectivity index is 1.44. The SMILES string of the molecule is N#Cc1cc(/C(F)=C\C=C\c2c(C(F)(F)F)cc3c(N4CCNC(C=C(F)F)C4)nc(OCC45CCCN4CCC5)nc3c2F)sc1N. The molecule has 48 heavy (non-hydrogen) atoms. The van der Waals surface area contributed by atoms with Gasteiger partial charge in [-0.15, -0.1) is 11.3 Å². The first-order valence-corrected chi connectivity index (χ1v) is 16.0. The third-order valence-electron chi connectivity index (χ3n) is 8.97. The van der Waals surface area contributed by atoms with Crippen LogP contribution in [0.5, 0.6) is 6.01 Å². The highest BCUT2D eigenvalue weighted by Gasteiger charge is 2.45. The number of benzene rings is 1. The van der Waals surface area contributed by atoms with Crippen molar-refractivity contribution in [3.8, 4) is 12.1 Å². The summed E-state index contributed by atoms with van der Waals surface area (Å²) in [6.45, 7) is 2.30. The molecule has 3 saturated heterocycles. The van der Waals surface area contributed by atoms with Gasteiger partial charge in [0.25, 0.3) is 6.08 Å². The summed E-state index contributed by atoms with van der Waals surface area (Å²) >= 11 is 0.780. The third kappa shape index (κ3) is 6.71. The number of nitrogens with one attached hydrogen (secondary N) is 1. The summed E-state index contributed by atoms with van der Waals surface area (Å²) in [6.07, 6.45) is -0.0187. The quantitative estimate of drug-likeness (QED) is 0.194. The fraction of sp³-hybridized carbons (Fsp3) is 0.406. The van der Waals surface area contributed by atoms with Gasteiger partial charge in [-0.05, 0) is 63.1 Å². The largest absolute Gasteiger partial charge is 0.461 e. The van der Waals surface area contributed by atoms with Crippen molar-refractivity contribution in [2.45, 2.75) is 43.4 Å². The monoisotopic (exact) mass is 693 g/mol. The van der Waals surface area contributed by atoms with E-state index in [9.17, 15) is 26.3 Å². The van der Waals surface area contributed by atoms with Gasteiger partial charge in [0.05, 0.1) is 21.5 Å². The van der Waals surface area contributed by atoms with Crippen LogP contribution in [0.4, 0.5) is 41.6 Å². The van der Waals surface area contributed by atoms with Crippen molar-refractivity contribution < 1.29 is 35.5 Å². The van der Waals surface area contributed by atoms with Gasteiger partial charge >= 0.3 is 12.2 Å². The molecule has 16 heteroatoms. The molecule has 3 N–H and O–H groups in total. The highest BCUT2D eigenvalue weighted by molar-refractivity contribution is 7.17. The van der Waals surface area contributed by atoms with Gasteiger partial charge in [-0.3, -0.25) is 4.90 Å². The fourth-order valence-electron chi connectivity index (χ4n) is 6.72. The molecule has 3 fully saturated rings. The molecular formula is C32H30F7N7OS. The minimum atomic E-state index is -5.05. The van der Waals surface area contributed by atoms with Gasteiger partial charge in [0.15, 0.2) is 5.82 Å². The molecule has 0 aliphatic carbocycles. The van der Waals surface area contributed by atoms with E-state index >= 15 is 4.39 Å². The summed E-state index contributed by atoms with van der Waals surface area (Å²) < 4.78 is 107. The Labute approximate surface area is 275 Å². The van der Waals surface area contributed by atoms with Crippen molar-refractivity contribution in [3.05, 3.63) is 63.8 Å². The van der Waals surface area contributed by atoms with Crippen LogP contribution < -0.4 is 20.7 Å². The number of nitrogen functional groups attached to an aromatic ring is 1. The van der Waals surface area contributed by atoms with E-state index in [1.807, 2.05) is 6.07 Å². The van der Waals surface area contributed by atoms with E-state index in [1.54, 1.807) is 0 Å². The minimum absolute atomic E-state index is 0.0257. The molecule has 3 aromatic rings. The first kappa shape index (κ1) is 33.7. The number of anilines is 2. The van der Waals surface area contributed by atoms with E-state index in [4.69, 9.17) is 15.7 Å². The average molecular weight is 694 g/mol. The summed E-state index contributed by atoms with van der Waals surface area (Å²) in [7, 11) is 0. The number of piperazine rings is 1. The Bertz CT molecular complexity index is 1830. The van der Waals surface area contributed by atoms with Gasteiger partial charge in [0, 0.05) is 36.6 Å². The number of halogens is 7. The van der Waals surface area contributed by atoms with Crippen molar-refractivity contribution in [2.24, 2.45) is 0 Å². The predicted octanol–water partition coefficient (Wildman–Crippen LogP) is 6.89. The Morgan fingerprint density at radius 3 is 2.58 bits per heavy atom. The normalized spacial score (nSPS) is 20.0. The number of nitrogens with two attached hydrogens (primary N) is 1. The summed E-state index contributed by atoms with van der Waals surface area (Å²) in [5.41, 5.74) is 2.76. The zero-order chi connectivity index (χ0) is 34.2. The first-order valence-electron chi connectivity index (χ1n) is 15.2. The van der Waals surface area contributed by atoms with Gasteiger partial charge in [0.1, 0.15) is 34.8 Å². The standard InChI is InChI=1S/C32H30F7N7OS/c33-23(24-12-18(15-40)28(41)48-24)5-1-4-20-22(32(37,38)39)14-21-27(26(20)36)43-30(47-17-31-6-2-9-46(31)10-3-7-31)44-29(21)45-11-8-42-19(16-45)13-25(34)35/h1,4-5,12-14,19,42H,2-3,6-11,16-17,41H2/b4-1+,23-5+. The smallest absolute Gasteiger partial charge is 0.417 e. The summed E-state index contributed by atoms with van der Waals surface area (Å²) in [5, 5.41) is 11.8. The molecule has 0 bridgehead atoms. The lowest BCUT2D eigenvalue weighted by Gasteiger charge is -2.34. The number of nitriles is 1. The molecule has 1 unspecified atom stereocenters. The summed E-state index contributed by atoms with van der Waals surface area (Å²) in [4.78, 5) is 12.5. The second-order valence-corrected chi connectivity index (χ2v) is 13.0. The molecule has 0 amide bonds. The lowest BCUT2D eigenvalue weighted by molar-refractivity contribution is -0.137. The number of rotatable bonds is 8. The molecule has 0 radical (unpaired) electrons. The van der Waals surface area contributed by atoms with Crippen LogP contribution >= 0.6 is 11.3 Å². The van der Waals surface area contributed by atoms with Crippen LogP contribution in [0.15, 0.2) is 36.4 Å². The Hall–Kier alpha value is -4.20. The zero-order valence-corrected chi connectivity index (χ0v) is 26.2. The number of hydrogen-bond acceptors (Lipinski definition) is 9. The predicted molar refractivity (Wildman–Crippen MR) is 169 cm³/mol.